The summed E-state index contributed by atoms with van der Waals surface area (Å²) in [5.74, 6) is 2.56. The highest BCUT2D eigenvalue weighted by molar-refractivity contribution is 7.17. The number of amides is 1. The summed E-state index contributed by atoms with van der Waals surface area (Å²) in [5, 5.41) is 5.43. The fourth-order valence-corrected chi connectivity index (χ4v) is 5.25. The number of carbonyl (C=O) groups is 1. The van der Waals surface area contributed by atoms with Crippen molar-refractivity contribution in [2.75, 3.05) is 51.2 Å². The molecule has 4 heterocycles. The van der Waals surface area contributed by atoms with Crippen LogP contribution >= 0.6 is 11.3 Å². The van der Waals surface area contributed by atoms with Gasteiger partial charge >= 0.3 is 0 Å². The van der Waals surface area contributed by atoms with Gasteiger partial charge in [0.05, 0.1) is 16.3 Å². The molecule has 2 aromatic heterocycles. The molecule has 2 aliphatic heterocycles. The maximum atomic E-state index is 12.4. The van der Waals surface area contributed by atoms with Gasteiger partial charge < -0.3 is 19.9 Å². The van der Waals surface area contributed by atoms with E-state index in [1.54, 1.807) is 17.7 Å². The number of piperidine rings is 1. The van der Waals surface area contributed by atoms with E-state index < -0.39 is 0 Å². The summed E-state index contributed by atoms with van der Waals surface area (Å²) >= 11 is 1.64. The molecule has 3 fully saturated rings. The molecule has 29 heavy (non-hydrogen) atoms. The molecule has 0 aromatic carbocycles. The van der Waals surface area contributed by atoms with E-state index in [0.29, 0.717) is 19.0 Å². The SMILES string of the molecule is O=C1CO[C@@H](CNc2ncnc3ccsc23)CN1CC1CCN(CC2CC2)CC1. The maximum absolute atomic E-state index is 12.4. The van der Waals surface area contributed by atoms with Gasteiger partial charge in [0.25, 0.3) is 0 Å². The number of thiophene rings is 1. The van der Waals surface area contributed by atoms with Crippen LogP contribution in [0.1, 0.15) is 25.7 Å². The van der Waals surface area contributed by atoms with Gasteiger partial charge in [-0.1, -0.05) is 0 Å². The molecule has 5 rings (SSSR count). The number of carbonyl (C=O) groups excluding carboxylic acids is 1. The highest BCUT2D eigenvalue weighted by atomic mass is 32.1. The first-order valence-corrected chi connectivity index (χ1v) is 11.7. The summed E-state index contributed by atoms with van der Waals surface area (Å²) in [6.07, 6.45) is 6.84. The third-order valence-electron chi connectivity index (χ3n) is 6.36. The van der Waals surface area contributed by atoms with Gasteiger partial charge in [-0.05, 0) is 62.1 Å². The van der Waals surface area contributed by atoms with Crippen LogP contribution in [0.2, 0.25) is 0 Å². The topological polar surface area (TPSA) is 70.6 Å². The van der Waals surface area contributed by atoms with Crippen molar-refractivity contribution < 1.29 is 9.53 Å². The molecule has 0 bridgehead atoms. The Morgan fingerprint density at radius 2 is 1.97 bits per heavy atom. The van der Waals surface area contributed by atoms with Crippen molar-refractivity contribution in [1.29, 1.82) is 0 Å². The van der Waals surface area contributed by atoms with Crippen molar-refractivity contribution >= 4 is 33.3 Å². The van der Waals surface area contributed by atoms with E-state index in [9.17, 15) is 4.79 Å². The smallest absolute Gasteiger partial charge is 0.248 e. The van der Waals surface area contributed by atoms with Crippen molar-refractivity contribution in [2.24, 2.45) is 11.8 Å². The molecular formula is C21H29N5O2S. The number of nitrogens with zero attached hydrogens (tertiary/aromatic N) is 4. The van der Waals surface area contributed by atoms with Crippen LogP contribution in [0, 0.1) is 11.8 Å². The lowest BCUT2D eigenvalue weighted by molar-refractivity contribution is -0.149. The summed E-state index contributed by atoms with van der Waals surface area (Å²) in [4.78, 5) is 25.7. The Morgan fingerprint density at radius 3 is 2.79 bits per heavy atom. The lowest BCUT2D eigenvalue weighted by Crippen LogP contribution is -2.51. The number of anilines is 1. The predicted octanol–water partition coefficient (Wildman–Crippen LogP) is 2.45. The van der Waals surface area contributed by atoms with Crippen molar-refractivity contribution in [3.63, 3.8) is 0 Å². The van der Waals surface area contributed by atoms with Crippen LogP contribution in [0.3, 0.4) is 0 Å². The van der Waals surface area contributed by atoms with E-state index in [1.165, 1.54) is 45.3 Å². The van der Waals surface area contributed by atoms with Crippen LogP contribution in [0.15, 0.2) is 17.8 Å². The molecule has 2 aromatic rings. The number of morpholine rings is 1. The van der Waals surface area contributed by atoms with Crippen LogP contribution in [0.4, 0.5) is 5.82 Å². The monoisotopic (exact) mass is 415 g/mol. The van der Waals surface area contributed by atoms with E-state index in [2.05, 4.69) is 20.2 Å². The molecule has 8 heteroatoms. The first-order valence-electron chi connectivity index (χ1n) is 10.8. The zero-order valence-corrected chi connectivity index (χ0v) is 17.6. The van der Waals surface area contributed by atoms with E-state index >= 15 is 0 Å². The van der Waals surface area contributed by atoms with Crippen molar-refractivity contribution in [2.45, 2.75) is 31.8 Å². The summed E-state index contributed by atoms with van der Waals surface area (Å²) in [6.45, 7) is 6.03. The lowest BCUT2D eigenvalue weighted by atomic mass is 9.95. The number of fused-ring (bicyclic) bond motifs is 1. The number of ether oxygens (including phenoxy) is 1. The van der Waals surface area contributed by atoms with Crippen LogP contribution in [0.25, 0.3) is 10.2 Å². The second-order valence-corrected chi connectivity index (χ2v) is 9.57. The average molecular weight is 416 g/mol. The lowest BCUT2D eigenvalue weighted by Gasteiger charge is -2.38. The first-order chi connectivity index (χ1) is 14.2. The Hall–Kier alpha value is -1.77. The molecule has 1 aliphatic carbocycles. The molecule has 1 saturated carbocycles. The Balaban J connectivity index is 1.11. The van der Waals surface area contributed by atoms with Gasteiger partial charge in [0.1, 0.15) is 18.8 Å². The molecule has 1 atom stereocenters. The van der Waals surface area contributed by atoms with Gasteiger partial charge in [-0.25, -0.2) is 9.97 Å². The second-order valence-electron chi connectivity index (χ2n) is 8.66. The Morgan fingerprint density at radius 1 is 1.14 bits per heavy atom. The minimum Gasteiger partial charge on any atom is -0.366 e. The van der Waals surface area contributed by atoms with E-state index in [1.807, 2.05) is 16.3 Å². The quantitative estimate of drug-likeness (QED) is 0.749. The number of aromatic nitrogens is 2. The highest BCUT2D eigenvalue weighted by Crippen LogP contribution is 2.31. The van der Waals surface area contributed by atoms with Crippen LogP contribution < -0.4 is 5.32 Å². The molecule has 0 unspecified atom stereocenters. The van der Waals surface area contributed by atoms with Crippen molar-refractivity contribution in [3.8, 4) is 0 Å². The van der Waals surface area contributed by atoms with Gasteiger partial charge in [-0.3, -0.25) is 4.79 Å². The number of hydrogen-bond acceptors (Lipinski definition) is 7. The van der Waals surface area contributed by atoms with Gasteiger partial charge in [0, 0.05) is 26.2 Å². The Bertz CT molecular complexity index is 846. The van der Waals surface area contributed by atoms with Gasteiger partial charge in [-0.15, -0.1) is 11.3 Å². The van der Waals surface area contributed by atoms with Gasteiger partial charge in [0.2, 0.25) is 5.91 Å². The minimum atomic E-state index is -0.00682. The van der Waals surface area contributed by atoms with Gasteiger partial charge in [-0.2, -0.15) is 0 Å². The zero-order chi connectivity index (χ0) is 19.6. The standard InChI is InChI=1S/C21H29N5O2S/c27-19-13-28-17(9-22-21-20-18(5-8-29-20)23-14-24-21)12-26(19)11-16-3-6-25(7-4-16)10-15-1-2-15/h5,8,14-17H,1-4,6-7,9-13H2,(H,22,23,24)/t17-/m0/s1. The summed E-state index contributed by atoms with van der Waals surface area (Å²) in [6, 6.07) is 2.00. The predicted molar refractivity (Wildman–Crippen MR) is 114 cm³/mol. The van der Waals surface area contributed by atoms with E-state index in [0.717, 1.165) is 28.5 Å². The number of rotatable bonds is 7. The number of nitrogens with one attached hydrogen (secondary N) is 1. The molecule has 1 amide bonds. The highest BCUT2D eigenvalue weighted by Gasteiger charge is 2.31. The van der Waals surface area contributed by atoms with Crippen LogP contribution in [-0.2, 0) is 9.53 Å². The summed E-state index contributed by atoms with van der Waals surface area (Å²) in [7, 11) is 0. The molecular weight excluding hydrogens is 386 g/mol. The van der Waals surface area contributed by atoms with Gasteiger partial charge in [0.15, 0.2) is 0 Å². The molecule has 7 nitrogen and oxygen atoms in total. The average Bonchev–Trinajstić information content (AvgIpc) is 3.42. The molecule has 2 saturated heterocycles. The summed E-state index contributed by atoms with van der Waals surface area (Å²) < 4.78 is 6.85. The second kappa shape index (κ2) is 8.53. The fourth-order valence-electron chi connectivity index (χ4n) is 4.43. The molecule has 156 valence electrons. The third-order valence-corrected chi connectivity index (χ3v) is 7.27. The normalized spacial score (nSPS) is 24.3. The number of likely N-dealkylation sites (tertiary alicyclic amines) is 1. The number of hydrogen-bond donors (Lipinski definition) is 1. The fraction of sp³-hybridized carbons (Fsp3) is 0.667. The third kappa shape index (κ3) is 4.70. The molecule has 0 spiro atoms. The Labute approximate surface area is 175 Å². The van der Waals surface area contributed by atoms with Crippen LogP contribution in [-0.4, -0.2) is 77.7 Å². The zero-order valence-electron chi connectivity index (χ0n) is 16.8. The summed E-state index contributed by atoms with van der Waals surface area (Å²) in [5.41, 5.74) is 0.960. The van der Waals surface area contributed by atoms with Crippen molar-refractivity contribution in [1.82, 2.24) is 19.8 Å². The molecule has 0 radical (unpaired) electrons. The molecule has 3 aliphatic rings. The maximum Gasteiger partial charge on any atom is 0.248 e. The first kappa shape index (κ1) is 19.2. The van der Waals surface area contributed by atoms with Crippen LogP contribution in [0.5, 0.6) is 0 Å². The van der Waals surface area contributed by atoms with E-state index in [-0.39, 0.29) is 18.6 Å². The van der Waals surface area contributed by atoms with E-state index in [4.69, 9.17) is 4.74 Å². The largest absolute Gasteiger partial charge is 0.366 e. The Kier molecular flexibility index (Phi) is 5.65. The minimum absolute atomic E-state index is 0.00682. The van der Waals surface area contributed by atoms with Crippen molar-refractivity contribution in [3.05, 3.63) is 17.8 Å². The molecule has 1 N–H and O–H groups in total.